The highest BCUT2D eigenvalue weighted by molar-refractivity contribution is 6.74. The Hall–Kier alpha value is -1.18. The van der Waals surface area contributed by atoms with E-state index in [0.717, 1.165) is 18.4 Å². The molecular formula is C23H41N2O4Si+. The van der Waals surface area contributed by atoms with Crippen molar-refractivity contribution in [2.24, 2.45) is 5.92 Å². The van der Waals surface area contributed by atoms with Crippen LogP contribution in [0.4, 0.5) is 0 Å². The average molecular weight is 438 g/mol. The molecule has 0 amide bonds. The molecule has 0 unspecified atom stereocenters. The molecule has 2 aliphatic rings. The van der Waals surface area contributed by atoms with Gasteiger partial charge in [-0.2, -0.15) is 4.57 Å². The van der Waals surface area contributed by atoms with Gasteiger partial charge in [-0.25, -0.2) is 0 Å². The number of aryl methyl sites for hydroxylation is 1. The van der Waals surface area contributed by atoms with Crippen molar-refractivity contribution < 1.29 is 23.2 Å². The van der Waals surface area contributed by atoms with Crippen LogP contribution in [0.5, 0.6) is 11.9 Å². The summed E-state index contributed by atoms with van der Waals surface area (Å²) in [6.07, 6.45) is 6.13. The van der Waals surface area contributed by atoms with Gasteiger partial charge >= 0.3 is 11.9 Å². The van der Waals surface area contributed by atoms with Crippen LogP contribution in [0.1, 0.15) is 72.1 Å². The van der Waals surface area contributed by atoms with E-state index in [2.05, 4.69) is 52.7 Å². The maximum atomic E-state index is 6.55. The first kappa shape index (κ1) is 23.5. The number of aromatic nitrogens is 2. The number of nitrogens with zero attached hydrogens (tertiary/aromatic N) is 2. The van der Waals surface area contributed by atoms with E-state index in [0.29, 0.717) is 31.0 Å². The van der Waals surface area contributed by atoms with Crippen molar-refractivity contribution in [3.63, 3.8) is 0 Å². The topological polar surface area (TPSA) is 53.7 Å². The fraction of sp³-hybridized carbons (Fsp3) is 0.826. The molecular weight excluding hydrogens is 396 g/mol. The lowest BCUT2D eigenvalue weighted by Crippen LogP contribution is -2.48. The van der Waals surface area contributed by atoms with E-state index >= 15 is 0 Å². The number of rotatable bonds is 10. The number of hydrogen-bond acceptors (Lipinski definition) is 5. The van der Waals surface area contributed by atoms with Crippen LogP contribution in [0.2, 0.25) is 18.1 Å². The summed E-state index contributed by atoms with van der Waals surface area (Å²) >= 11 is 0. The predicted octanol–water partition coefficient (Wildman–Crippen LogP) is 4.95. The predicted molar refractivity (Wildman–Crippen MR) is 119 cm³/mol. The average Bonchev–Trinajstić information content (AvgIpc) is 3.01. The lowest BCUT2D eigenvalue weighted by molar-refractivity contribution is -0.769. The standard InChI is InChI=1S/C23H41N2O4Si/c1-9-10-11-12-26-21-17(4)14-25-20-13-18(29-22(25)24-21)19(28-20)15-27-30(7,8)23(5,6)16(2)3/h14,16,18-20H,9-13,15H2,1-8H3/q+1/t18-,19-,20-/m1/s1. The molecule has 2 bridgehead atoms. The Labute approximate surface area is 183 Å². The van der Waals surface area contributed by atoms with Crippen molar-refractivity contribution in [3.8, 4) is 11.9 Å². The Balaban J connectivity index is 1.65. The van der Waals surface area contributed by atoms with Crippen LogP contribution in [0.15, 0.2) is 6.20 Å². The van der Waals surface area contributed by atoms with Gasteiger partial charge in [0.05, 0.1) is 25.2 Å². The zero-order valence-corrected chi connectivity index (χ0v) is 21.2. The van der Waals surface area contributed by atoms with Gasteiger partial charge < -0.3 is 18.6 Å². The molecule has 1 aromatic heterocycles. The monoisotopic (exact) mass is 437 g/mol. The van der Waals surface area contributed by atoms with Crippen LogP contribution < -0.4 is 14.0 Å². The summed E-state index contributed by atoms with van der Waals surface area (Å²) in [4.78, 5) is 4.66. The number of ether oxygens (including phenoxy) is 3. The second kappa shape index (κ2) is 9.13. The number of unbranched alkanes of at least 4 members (excludes halogenated alkanes) is 2. The lowest BCUT2D eigenvalue weighted by atomic mass is 9.99. The molecule has 3 heterocycles. The van der Waals surface area contributed by atoms with Crippen LogP contribution in [-0.2, 0) is 9.16 Å². The summed E-state index contributed by atoms with van der Waals surface area (Å²) in [6, 6.07) is 0.592. The van der Waals surface area contributed by atoms with Crippen molar-refractivity contribution in [2.75, 3.05) is 13.2 Å². The van der Waals surface area contributed by atoms with Gasteiger partial charge in [-0.3, -0.25) is 0 Å². The van der Waals surface area contributed by atoms with Crippen molar-refractivity contribution in [2.45, 2.75) is 104 Å². The van der Waals surface area contributed by atoms with E-state index in [9.17, 15) is 0 Å². The Morgan fingerprint density at radius 2 is 2.03 bits per heavy atom. The quantitative estimate of drug-likeness (QED) is 0.294. The summed E-state index contributed by atoms with van der Waals surface area (Å²) in [5.74, 6) is 1.24. The molecule has 1 saturated heterocycles. The molecule has 7 heteroatoms. The van der Waals surface area contributed by atoms with Gasteiger partial charge in [-0.05, 0) is 37.4 Å². The highest BCUT2D eigenvalue weighted by Gasteiger charge is 2.50. The molecule has 30 heavy (non-hydrogen) atoms. The lowest BCUT2D eigenvalue weighted by Gasteiger charge is -2.43. The Kier molecular flexibility index (Phi) is 7.14. The molecule has 3 atom stereocenters. The maximum Gasteiger partial charge on any atom is 0.504 e. The van der Waals surface area contributed by atoms with Gasteiger partial charge in [-0.15, -0.1) is 0 Å². The molecule has 0 N–H and O–H groups in total. The third-order valence-electron chi connectivity index (χ3n) is 7.43. The summed E-state index contributed by atoms with van der Waals surface area (Å²) in [5, 5.41) is 0.182. The molecule has 170 valence electrons. The Morgan fingerprint density at radius 1 is 1.30 bits per heavy atom. The van der Waals surface area contributed by atoms with E-state index in [-0.39, 0.29) is 23.5 Å². The number of fused-ring (bicyclic) bond motifs is 4. The molecule has 1 aromatic rings. The first-order valence-electron chi connectivity index (χ1n) is 11.6. The van der Waals surface area contributed by atoms with E-state index in [4.69, 9.17) is 18.6 Å². The minimum atomic E-state index is -1.90. The Bertz CT molecular complexity index is 738. The largest absolute Gasteiger partial charge is 0.504 e. The van der Waals surface area contributed by atoms with Gasteiger partial charge in [0.25, 0.3) is 0 Å². The first-order chi connectivity index (χ1) is 14.1. The summed E-state index contributed by atoms with van der Waals surface area (Å²) in [5.41, 5.74) is 1.01. The third kappa shape index (κ3) is 4.68. The van der Waals surface area contributed by atoms with E-state index in [1.54, 1.807) is 0 Å². The fourth-order valence-corrected chi connectivity index (χ4v) is 6.31. The van der Waals surface area contributed by atoms with Crippen LogP contribution in [-0.4, -0.2) is 38.7 Å². The molecule has 3 rings (SSSR count). The second-order valence-electron chi connectivity index (χ2n) is 10.2. The second-order valence-corrected chi connectivity index (χ2v) is 14.8. The van der Waals surface area contributed by atoms with Gasteiger partial charge in [0.15, 0.2) is 8.32 Å². The third-order valence-corrected chi connectivity index (χ3v) is 12.0. The van der Waals surface area contributed by atoms with E-state index < -0.39 is 8.32 Å². The van der Waals surface area contributed by atoms with E-state index in [1.807, 2.05) is 17.7 Å². The molecule has 0 saturated carbocycles. The highest BCUT2D eigenvalue weighted by atomic mass is 28.4. The normalized spacial score (nSPS) is 23.4. The molecule has 0 radical (unpaired) electrons. The summed E-state index contributed by atoms with van der Waals surface area (Å²) in [6.45, 7) is 19.3. The minimum absolute atomic E-state index is 0.0230. The van der Waals surface area contributed by atoms with Crippen molar-refractivity contribution >= 4 is 8.32 Å². The van der Waals surface area contributed by atoms with Crippen molar-refractivity contribution in [1.29, 1.82) is 0 Å². The maximum absolute atomic E-state index is 6.55. The van der Waals surface area contributed by atoms with Crippen LogP contribution in [0.3, 0.4) is 0 Å². The zero-order chi connectivity index (χ0) is 22.1. The number of hydrogen-bond donors (Lipinski definition) is 0. The van der Waals surface area contributed by atoms with Gasteiger partial charge in [0, 0.05) is 4.98 Å². The molecule has 0 spiro atoms. The van der Waals surface area contributed by atoms with Crippen molar-refractivity contribution in [1.82, 2.24) is 4.98 Å². The Morgan fingerprint density at radius 3 is 2.70 bits per heavy atom. The first-order valence-corrected chi connectivity index (χ1v) is 14.5. The molecule has 2 aliphatic heterocycles. The summed E-state index contributed by atoms with van der Waals surface area (Å²) < 4.78 is 27.0. The van der Waals surface area contributed by atoms with Crippen LogP contribution in [0.25, 0.3) is 0 Å². The molecule has 6 nitrogen and oxygen atoms in total. The van der Waals surface area contributed by atoms with Crippen LogP contribution in [0, 0.1) is 12.8 Å². The smallest absolute Gasteiger partial charge is 0.459 e. The van der Waals surface area contributed by atoms with Gasteiger partial charge in [-0.1, -0.05) is 47.5 Å². The fourth-order valence-electron chi connectivity index (χ4n) is 3.96. The van der Waals surface area contributed by atoms with Crippen LogP contribution >= 0.6 is 0 Å². The molecule has 0 aromatic carbocycles. The van der Waals surface area contributed by atoms with Gasteiger partial charge in [0.1, 0.15) is 18.4 Å². The zero-order valence-electron chi connectivity index (χ0n) is 20.2. The molecule has 1 fully saturated rings. The van der Waals surface area contributed by atoms with Gasteiger partial charge in [0.2, 0.25) is 6.23 Å². The highest BCUT2D eigenvalue weighted by Crippen LogP contribution is 2.45. The van der Waals surface area contributed by atoms with E-state index in [1.165, 1.54) is 12.8 Å². The minimum Gasteiger partial charge on any atom is -0.459 e. The summed E-state index contributed by atoms with van der Waals surface area (Å²) in [7, 11) is -1.90. The van der Waals surface area contributed by atoms with Crippen molar-refractivity contribution in [3.05, 3.63) is 11.8 Å². The molecule has 0 aliphatic carbocycles. The SMILES string of the molecule is CCCCCOc1nc2[n+](cc1C)[C@H]1C[C@@H](O2)[C@@H](CO[Si](C)(C)C(C)(C)C(C)C)O1.